The van der Waals surface area contributed by atoms with E-state index in [0.29, 0.717) is 0 Å². The first-order chi connectivity index (χ1) is 11.5. The summed E-state index contributed by atoms with van der Waals surface area (Å²) in [5.41, 5.74) is 4.87. The van der Waals surface area contributed by atoms with Crippen LogP contribution in [0.2, 0.25) is 0 Å². The van der Waals surface area contributed by atoms with Gasteiger partial charge in [-0.3, -0.25) is 4.79 Å². The predicted octanol–water partition coefficient (Wildman–Crippen LogP) is 3.31. The molecule has 1 aliphatic heterocycles. The summed E-state index contributed by atoms with van der Waals surface area (Å²) in [6.45, 7) is 8.23. The Balaban J connectivity index is 1.68. The van der Waals surface area contributed by atoms with Crippen molar-refractivity contribution in [1.82, 2.24) is 4.90 Å². The molecule has 1 N–H and O–H groups in total. The first kappa shape index (κ1) is 16.5. The summed E-state index contributed by atoms with van der Waals surface area (Å²) in [6.07, 6.45) is 0. The molecule has 126 valence electrons. The van der Waals surface area contributed by atoms with Gasteiger partial charge in [0.1, 0.15) is 0 Å². The van der Waals surface area contributed by atoms with Crippen molar-refractivity contribution in [2.75, 3.05) is 43.4 Å². The monoisotopic (exact) mass is 323 g/mol. The Morgan fingerprint density at radius 1 is 0.958 bits per heavy atom. The van der Waals surface area contributed by atoms with E-state index in [9.17, 15) is 4.79 Å². The lowest BCUT2D eigenvalue weighted by Crippen LogP contribution is -2.44. The zero-order valence-corrected chi connectivity index (χ0v) is 14.7. The van der Waals surface area contributed by atoms with Gasteiger partial charge in [-0.05, 0) is 56.8 Å². The SMILES string of the molecule is Cc1ccc(C)c(C(=O)Nc2ccc(N3CCN(C)CC3)cc2)c1. The number of piperazine rings is 1. The normalized spacial score (nSPS) is 15.4. The predicted molar refractivity (Wildman–Crippen MR) is 100 cm³/mol. The number of likely N-dealkylation sites (N-methyl/N-ethyl adjacent to an activating group) is 1. The van der Waals surface area contributed by atoms with Crippen molar-refractivity contribution in [3.05, 3.63) is 59.2 Å². The Labute approximate surface area is 144 Å². The van der Waals surface area contributed by atoms with Crippen molar-refractivity contribution in [3.8, 4) is 0 Å². The van der Waals surface area contributed by atoms with Crippen LogP contribution < -0.4 is 10.2 Å². The van der Waals surface area contributed by atoms with Crippen LogP contribution in [0, 0.1) is 13.8 Å². The van der Waals surface area contributed by atoms with Crippen molar-refractivity contribution in [2.45, 2.75) is 13.8 Å². The molecule has 3 rings (SSSR count). The molecule has 0 atom stereocenters. The molecule has 4 heteroatoms. The fraction of sp³-hybridized carbons (Fsp3) is 0.350. The van der Waals surface area contributed by atoms with E-state index >= 15 is 0 Å². The van der Waals surface area contributed by atoms with Crippen LogP contribution in [0.5, 0.6) is 0 Å². The van der Waals surface area contributed by atoms with Crippen LogP contribution in [0.4, 0.5) is 11.4 Å². The van der Waals surface area contributed by atoms with Gasteiger partial charge in [0.25, 0.3) is 5.91 Å². The van der Waals surface area contributed by atoms with Gasteiger partial charge in [0.2, 0.25) is 0 Å². The Morgan fingerprint density at radius 2 is 1.62 bits per heavy atom. The van der Waals surface area contributed by atoms with Gasteiger partial charge in [0.15, 0.2) is 0 Å². The highest BCUT2D eigenvalue weighted by atomic mass is 16.1. The molecule has 2 aromatic carbocycles. The molecule has 2 aromatic rings. The lowest BCUT2D eigenvalue weighted by Gasteiger charge is -2.34. The molecule has 0 saturated carbocycles. The molecule has 24 heavy (non-hydrogen) atoms. The van der Waals surface area contributed by atoms with Crippen molar-refractivity contribution >= 4 is 17.3 Å². The molecular formula is C20H25N3O. The molecule has 1 aliphatic rings. The van der Waals surface area contributed by atoms with Crippen molar-refractivity contribution in [2.24, 2.45) is 0 Å². The van der Waals surface area contributed by atoms with E-state index in [1.54, 1.807) is 0 Å². The third-order valence-corrected chi connectivity index (χ3v) is 4.63. The lowest BCUT2D eigenvalue weighted by atomic mass is 10.0. The van der Waals surface area contributed by atoms with Crippen molar-refractivity contribution < 1.29 is 4.79 Å². The summed E-state index contributed by atoms with van der Waals surface area (Å²) in [5, 5.41) is 3.00. The number of hydrogen-bond acceptors (Lipinski definition) is 3. The highest BCUT2D eigenvalue weighted by Gasteiger charge is 2.14. The number of nitrogens with one attached hydrogen (secondary N) is 1. The Morgan fingerprint density at radius 3 is 2.29 bits per heavy atom. The number of nitrogens with zero attached hydrogens (tertiary/aromatic N) is 2. The van der Waals surface area contributed by atoms with Gasteiger partial charge in [-0.25, -0.2) is 0 Å². The topological polar surface area (TPSA) is 35.6 Å². The summed E-state index contributed by atoms with van der Waals surface area (Å²) in [6, 6.07) is 14.1. The molecular weight excluding hydrogens is 298 g/mol. The Kier molecular flexibility index (Phi) is 4.86. The first-order valence-electron chi connectivity index (χ1n) is 8.45. The second-order valence-corrected chi connectivity index (χ2v) is 6.61. The fourth-order valence-electron chi connectivity index (χ4n) is 3.00. The molecule has 0 radical (unpaired) electrons. The maximum absolute atomic E-state index is 12.5. The van der Waals surface area contributed by atoms with Gasteiger partial charge >= 0.3 is 0 Å². The molecule has 1 heterocycles. The molecule has 1 saturated heterocycles. The Bertz CT molecular complexity index is 716. The molecule has 0 unspecified atom stereocenters. The third-order valence-electron chi connectivity index (χ3n) is 4.63. The largest absolute Gasteiger partial charge is 0.369 e. The molecule has 1 fully saturated rings. The average Bonchev–Trinajstić information content (AvgIpc) is 2.58. The van der Waals surface area contributed by atoms with Crippen LogP contribution in [-0.4, -0.2) is 44.0 Å². The summed E-state index contributed by atoms with van der Waals surface area (Å²) in [4.78, 5) is 17.2. The van der Waals surface area contributed by atoms with Crippen LogP contribution in [0.25, 0.3) is 0 Å². The van der Waals surface area contributed by atoms with Crippen LogP contribution in [0.1, 0.15) is 21.5 Å². The molecule has 1 amide bonds. The molecule has 0 aromatic heterocycles. The molecule has 4 nitrogen and oxygen atoms in total. The van der Waals surface area contributed by atoms with Crippen molar-refractivity contribution in [3.63, 3.8) is 0 Å². The maximum Gasteiger partial charge on any atom is 0.255 e. The highest BCUT2D eigenvalue weighted by Crippen LogP contribution is 2.20. The van der Waals surface area contributed by atoms with Gasteiger partial charge < -0.3 is 15.1 Å². The smallest absolute Gasteiger partial charge is 0.255 e. The second kappa shape index (κ2) is 7.05. The number of hydrogen-bond donors (Lipinski definition) is 1. The molecule has 0 aliphatic carbocycles. The van der Waals surface area contributed by atoms with E-state index in [1.807, 2.05) is 44.2 Å². The van der Waals surface area contributed by atoms with E-state index < -0.39 is 0 Å². The van der Waals surface area contributed by atoms with Crippen molar-refractivity contribution in [1.29, 1.82) is 0 Å². The van der Waals surface area contributed by atoms with Crippen LogP contribution >= 0.6 is 0 Å². The lowest BCUT2D eigenvalue weighted by molar-refractivity contribution is 0.102. The second-order valence-electron chi connectivity index (χ2n) is 6.61. The highest BCUT2D eigenvalue weighted by molar-refractivity contribution is 6.05. The summed E-state index contributed by atoms with van der Waals surface area (Å²) in [7, 11) is 2.16. The van der Waals surface area contributed by atoms with Gasteiger partial charge in [0, 0.05) is 43.1 Å². The quantitative estimate of drug-likeness (QED) is 0.941. The van der Waals surface area contributed by atoms with Gasteiger partial charge in [-0.15, -0.1) is 0 Å². The Hall–Kier alpha value is -2.33. The van der Waals surface area contributed by atoms with Crippen LogP contribution in [0.15, 0.2) is 42.5 Å². The minimum Gasteiger partial charge on any atom is -0.369 e. The zero-order valence-electron chi connectivity index (χ0n) is 14.7. The van der Waals surface area contributed by atoms with Crippen LogP contribution in [-0.2, 0) is 0 Å². The number of amides is 1. The maximum atomic E-state index is 12.5. The van der Waals surface area contributed by atoms with E-state index in [0.717, 1.165) is 48.6 Å². The summed E-state index contributed by atoms with van der Waals surface area (Å²) < 4.78 is 0. The third kappa shape index (κ3) is 3.77. The number of aryl methyl sites for hydroxylation is 2. The van der Waals surface area contributed by atoms with Gasteiger partial charge in [0.05, 0.1) is 0 Å². The van der Waals surface area contributed by atoms with E-state index in [4.69, 9.17) is 0 Å². The minimum absolute atomic E-state index is 0.0523. The number of rotatable bonds is 3. The zero-order chi connectivity index (χ0) is 17.1. The number of anilines is 2. The number of benzene rings is 2. The summed E-state index contributed by atoms with van der Waals surface area (Å²) in [5.74, 6) is -0.0523. The van der Waals surface area contributed by atoms with Gasteiger partial charge in [-0.2, -0.15) is 0 Å². The number of carbonyl (C=O) groups excluding carboxylic acids is 1. The summed E-state index contributed by atoms with van der Waals surface area (Å²) >= 11 is 0. The standard InChI is InChI=1S/C20H25N3O/c1-15-4-5-16(2)19(14-15)20(24)21-17-6-8-18(9-7-17)23-12-10-22(3)11-13-23/h4-9,14H,10-13H2,1-3H3,(H,21,24). The molecule has 0 bridgehead atoms. The molecule has 0 spiro atoms. The average molecular weight is 323 g/mol. The first-order valence-corrected chi connectivity index (χ1v) is 8.45. The minimum atomic E-state index is -0.0523. The van der Waals surface area contributed by atoms with Crippen LogP contribution in [0.3, 0.4) is 0 Å². The van der Waals surface area contributed by atoms with Gasteiger partial charge in [-0.1, -0.05) is 17.7 Å². The number of carbonyl (C=O) groups is 1. The fourth-order valence-corrected chi connectivity index (χ4v) is 3.00. The van der Waals surface area contributed by atoms with E-state index in [2.05, 4.69) is 34.3 Å². The van der Waals surface area contributed by atoms with E-state index in [1.165, 1.54) is 5.69 Å². The van der Waals surface area contributed by atoms with E-state index in [-0.39, 0.29) is 5.91 Å².